The lowest BCUT2D eigenvalue weighted by Gasteiger charge is -2.35. The van der Waals surface area contributed by atoms with E-state index in [4.69, 9.17) is 14.2 Å². The molecule has 2 aromatic carbocycles. The summed E-state index contributed by atoms with van der Waals surface area (Å²) in [6.45, 7) is 8.40. The molecule has 0 radical (unpaired) electrons. The molecule has 7 nitrogen and oxygen atoms in total. The van der Waals surface area contributed by atoms with Crippen LogP contribution < -0.4 is 20.1 Å². The zero-order chi connectivity index (χ0) is 23.2. The first kappa shape index (κ1) is 23.3. The van der Waals surface area contributed by atoms with Gasteiger partial charge in [-0.1, -0.05) is 32.0 Å². The molecular weight excluding hydrogens is 425 g/mol. The Hall–Kier alpha value is -2.84. The van der Waals surface area contributed by atoms with Gasteiger partial charge in [0.25, 0.3) is 0 Å². The van der Waals surface area contributed by atoms with Crippen molar-refractivity contribution in [3.05, 3.63) is 59.4 Å². The molecule has 0 aromatic heterocycles. The molecule has 33 heavy (non-hydrogen) atoms. The van der Waals surface area contributed by atoms with E-state index in [2.05, 4.69) is 29.4 Å². The highest BCUT2D eigenvalue weighted by Gasteiger charge is 2.25. The number of fused-ring (bicyclic) bond motifs is 1. The maximum atomic E-state index is 13.5. The zero-order valence-electron chi connectivity index (χ0n) is 19.2. The van der Waals surface area contributed by atoms with Crippen LogP contribution in [0.3, 0.4) is 0 Å². The topological polar surface area (TPSA) is 72.1 Å². The summed E-state index contributed by atoms with van der Waals surface area (Å²) in [5, 5.41) is 6.14. The van der Waals surface area contributed by atoms with Gasteiger partial charge in [-0.15, -0.1) is 0 Å². The Labute approximate surface area is 194 Å². The Balaban J connectivity index is 1.43. The normalized spacial score (nSPS) is 17.9. The van der Waals surface area contributed by atoms with E-state index in [-0.39, 0.29) is 29.8 Å². The summed E-state index contributed by atoms with van der Waals surface area (Å²) in [4.78, 5) is 15.2. The highest BCUT2D eigenvalue weighted by molar-refractivity contribution is 5.74. The second-order valence-electron chi connectivity index (χ2n) is 8.69. The average molecular weight is 458 g/mol. The van der Waals surface area contributed by atoms with Crippen LogP contribution in [-0.2, 0) is 4.74 Å². The zero-order valence-corrected chi connectivity index (χ0v) is 19.2. The molecule has 1 fully saturated rings. The van der Waals surface area contributed by atoms with Gasteiger partial charge in [-0.3, -0.25) is 4.90 Å². The van der Waals surface area contributed by atoms with Crippen molar-refractivity contribution >= 4 is 6.03 Å². The maximum Gasteiger partial charge on any atom is 0.315 e. The van der Waals surface area contributed by atoms with Crippen LogP contribution in [0, 0.1) is 11.7 Å². The van der Waals surface area contributed by atoms with Crippen LogP contribution in [-0.4, -0.2) is 57.0 Å². The average Bonchev–Trinajstić information content (AvgIpc) is 2.84. The molecule has 0 bridgehead atoms. The van der Waals surface area contributed by atoms with Gasteiger partial charge in [-0.2, -0.15) is 0 Å². The summed E-state index contributed by atoms with van der Waals surface area (Å²) in [5.41, 5.74) is 1.93. The number of halogens is 1. The first-order valence-corrected chi connectivity index (χ1v) is 11.5. The number of rotatable bonds is 7. The van der Waals surface area contributed by atoms with E-state index in [9.17, 15) is 9.18 Å². The Morgan fingerprint density at radius 2 is 1.64 bits per heavy atom. The molecule has 0 unspecified atom stereocenters. The first-order valence-electron chi connectivity index (χ1n) is 11.5. The highest BCUT2D eigenvalue weighted by Crippen LogP contribution is 2.34. The van der Waals surface area contributed by atoms with Crippen LogP contribution in [0.25, 0.3) is 0 Å². The van der Waals surface area contributed by atoms with Gasteiger partial charge < -0.3 is 24.8 Å². The smallest absolute Gasteiger partial charge is 0.315 e. The fourth-order valence-electron chi connectivity index (χ4n) is 4.30. The number of carbonyl (C=O) groups excluding carboxylic acids is 1. The summed E-state index contributed by atoms with van der Waals surface area (Å²) >= 11 is 0. The summed E-state index contributed by atoms with van der Waals surface area (Å²) in [6, 6.07) is 11.8. The minimum absolute atomic E-state index is 0.0629. The van der Waals surface area contributed by atoms with Crippen LogP contribution in [0.5, 0.6) is 11.5 Å². The summed E-state index contributed by atoms with van der Waals surface area (Å²) < 4.78 is 30.3. The van der Waals surface area contributed by atoms with Gasteiger partial charge in [0.15, 0.2) is 11.5 Å². The van der Waals surface area contributed by atoms with Crippen LogP contribution in [0.1, 0.15) is 37.1 Å². The largest absolute Gasteiger partial charge is 0.486 e. The lowest BCUT2D eigenvalue weighted by atomic mass is 9.95. The van der Waals surface area contributed by atoms with Gasteiger partial charge >= 0.3 is 6.03 Å². The monoisotopic (exact) mass is 457 g/mol. The molecule has 8 heteroatoms. The highest BCUT2D eigenvalue weighted by atomic mass is 19.1. The fourth-order valence-corrected chi connectivity index (χ4v) is 4.30. The van der Waals surface area contributed by atoms with Crippen molar-refractivity contribution in [2.24, 2.45) is 5.92 Å². The van der Waals surface area contributed by atoms with Gasteiger partial charge in [0.1, 0.15) is 19.0 Å². The van der Waals surface area contributed by atoms with E-state index in [1.807, 2.05) is 18.2 Å². The number of carbonyl (C=O) groups is 1. The molecule has 2 N–H and O–H groups in total. The predicted octanol–water partition coefficient (Wildman–Crippen LogP) is 3.67. The second kappa shape index (κ2) is 10.9. The van der Waals surface area contributed by atoms with Gasteiger partial charge in [0.2, 0.25) is 0 Å². The maximum absolute atomic E-state index is 13.5. The number of nitrogens with zero attached hydrogens (tertiary/aromatic N) is 1. The van der Waals surface area contributed by atoms with Crippen molar-refractivity contribution in [2.45, 2.75) is 25.9 Å². The standard InChI is InChI=1S/C25H32FN3O4/c1-17(2)24(19-5-8-22-23(15-19)33-14-13-32-22)28-25(30)27-16-21(29-9-11-31-12-10-29)18-3-6-20(26)7-4-18/h3-8,15,17,21,24H,9-14,16H2,1-2H3,(H2,27,28,30)/t21-,24+/m0/s1. The number of hydrogen-bond donors (Lipinski definition) is 2. The quantitative estimate of drug-likeness (QED) is 0.664. The molecule has 2 aliphatic heterocycles. The fraction of sp³-hybridized carbons (Fsp3) is 0.480. The van der Waals surface area contributed by atoms with E-state index < -0.39 is 0 Å². The molecule has 2 aromatic rings. The van der Waals surface area contributed by atoms with Crippen molar-refractivity contribution in [2.75, 3.05) is 46.1 Å². The summed E-state index contributed by atoms with van der Waals surface area (Å²) in [5.74, 6) is 1.33. The lowest BCUT2D eigenvalue weighted by molar-refractivity contribution is 0.0166. The number of hydrogen-bond acceptors (Lipinski definition) is 5. The van der Waals surface area contributed by atoms with Crippen molar-refractivity contribution in [1.82, 2.24) is 15.5 Å². The second-order valence-corrected chi connectivity index (χ2v) is 8.69. The Morgan fingerprint density at radius 3 is 2.33 bits per heavy atom. The molecule has 178 valence electrons. The number of urea groups is 1. The van der Waals surface area contributed by atoms with Crippen LogP contribution in [0.2, 0.25) is 0 Å². The van der Waals surface area contributed by atoms with E-state index in [0.29, 0.717) is 38.7 Å². The van der Waals surface area contributed by atoms with Gasteiger partial charge in [0.05, 0.1) is 25.3 Å². The number of ether oxygens (including phenoxy) is 3. The molecule has 1 saturated heterocycles. The van der Waals surface area contributed by atoms with E-state index in [0.717, 1.165) is 30.0 Å². The number of nitrogens with one attached hydrogen (secondary N) is 2. The molecule has 2 atom stereocenters. The van der Waals surface area contributed by atoms with Crippen LogP contribution >= 0.6 is 0 Å². The van der Waals surface area contributed by atoms with Crippen LogP contribution in [0.15, 0.2) is 42.5 Å². The Kier molecular flexibility index (Phi) is 7.67. The van der Waals surface area contributed by atoms with Crippen molar-refractivity contribution in [3.63, 3.8) is 0 Å². The van der Waals surface area contributed by atoms with E-state index >= 15 is 0 Å². The molecule has 4 rings (SSSR count). The SMILES string of the molecule is CC(C)[C@@H](NC(=O)NC[C@@H](c1ccc(F)cc1)N1CCOCC1)c1ccc2c(c1)OCCO2. The molecule has 0 spiro atoms. The molecule has 2 heterocycles. The predicted molar refractivity (Wildman–Crippen MR) is 123 cm³/mol. The third-order valence-corrected chi connectivity index (χ3v) is 6.08. The molecular formula is C25H32FN3O4. The summed E-state index contributed by atoms with van der Waals surface area (Å²) in [6.07, 6.45) is 0. The first-order chi connectivity index (χ1) is 16.0. The van der Waals surface area contributed by atoms with Gasteiger partial charge in [-0.25, -0.2) is 9.18 Å². The lowest BCUT2D eigenvalue weighted by Crippen LogP contribution is -2.46. The van der Waals surface area contributed by atoms with Crippen LogP contribution in [0.4, 0.5) is 9.18 Å². The number of benzene rings is 2. The molecule has 0 saturated carbocycles. The molecule has 2 amide bonds. The van der Waals surface area contributed by atoms with Crippen molar-refractivity contribution < 1.29 is 23.4 Å². The number of amides is 2. The van der Waals surface area contributed by atoms with Crippen molar-refractivity contribution in [3.8, 4) is 11.5 Å². The van der Waals surface area contributed by atoms with Gasteiger partial charge in [-0.05, 0) is 41.3 Å². The molecule has 2 aliphatic rings. The third-order valence-electron chi connectivity index (χ3n) is 6.08. The minimum atomic E-state index is -0.274. The Bertz CT molecular complexity index is 932. The Morgan fingerprint density at radius 1 is 0.970 bits per heavy atom. The van der Waals surface area contributed by atoms with E-state index in [1.54, 1.807) is 12.1 Å². The number of morpholine rings is 1. The van der Waals surface area contributed by atoms with Crippen molar-refractivity contribution in [1.29, 1.82) is 0 Å². The third kappa shape index (κ3) is 5.94. The minimum Gasteiger partial charge on any atom is -0.486 e. The molecule has 0 aliphatic carbocycles. The van der Waals surface area contributed by atoms with Gasteiger partial charge in [0, 0.05) is 19.6 Å². The summed E-state index contributed by atoms with van der Waals surface area (Å²) in [7, 11) is 0. The van der Waals surface area contributed by atoms with E-state index in [1.165, 1.54) is 12.1 Å².